The quantitative estimate of drug-likeness (QED) is 0.876. The minimum Gasteiger partial charge on any atom is -0.368 e. The largest absolute Gasteiger partial charge is 0.368 e. The Balaban J connectivity index is 2.28. The van der Waals surface area contributed by atoms with Gasteiger partial charge in [0.15, 0.2) is 11.6 Å². The summed E-state index contributed by atoms with van der Waals surface area (Å²) in [6.07, 6.45) is 1.33. The van der Waals surface area contributed by atoms with Gasteiger partial charge in [0.05, 0.1) is 11.3 Å². The van der Waals surface area contributed by atoms with E-state index in [0.717, 1.165) is 6.07 Å². The number of anilines is 2. The molecule has 2 rings (SSSR count). The third-order valence-corrected chi connectivity index (χ3v) is 3.35. The van der Waals surface area contributed by atoms with Crippen LogP contribution in [0, 0.1) is 11.6 Å². The average molecular weight is 356 g/mol. The van der Waals surface area contributed by atoms with E-state index in [0.29, 0.717) is 11.0 Å². The van der Waals surface area contributed by atoms with Crippen LogP contribution < -0.4 is 10.6 Å². The van der Waals surface area contributed by atoms with E-state index in [1.165, 1.54) is 24.4 Å². The van der Waals surface area contributed by atoms with E-state index in [2.05, 4.69) is 31.5 Å². The molecule has 0 unspecified atom stereocenters. The number of amides is 1. The van der Waals surface area contributed by atoms with Crippen LogP contribution in [0.5, 0.6) is 0 Å². The molecule has 7 heteroatoms. The minimum atomic E-state index is -0.746. The summed E-state index contributed by atoms with van der Waals surface area (Å²) in [7, 11) is 0. The fourth-order valence-electron chi connectivity index (χ4n) is 1.69. The number of carbonyl (C=O) groups excluding carboxylic acids is 1. The average Bonchev–Trinajstić information content (AvgIpc) is 2.45. The van der Waals surface area contributed by atoms with Gasteiger partial charge in [0, 0.05) is 17.2 Å². The second-order valence-corrected chi connectivity index (χ2v) is 4.98. The van der Waals surface area contributed by atoms with Gasteiger partial charge < -0.3 is 10.6 Å². The molecule has 4 nitrogen and oxygen atoms in total. The van der Waals surface area contributed by atoms with Crippen LogP contribution in [0.25, 0.3) is 0 Å². The van der Waals surface area contributed by atoms with Crippen LogP contribution in [-0.2, 0) is 0 Å². The molecule has 21 heavy (non-hydrogen) atoms. The van der Waals surface area contributed by atoms with Gasteiger partial charge in [-0.3, -0.25) is 4.79 Å². The molecule has 0 aliphatic carbocycles. The summed E-state index contributed by atoms with van der Waals surface area (Å²) in [6.45, 7) is 2.27. The summed E-state index contributed by atoms with van der Waals surface area (Å²) in [4.78, 5) is 15.9. The number of hydrogen-bond acceptors (Lipinski definition) is 3. The Bertz CT molecular complexity index is 679. The lowest BCUT2D eigenvalue weighted by molar-refractivity contribution is 0.102. The van der Waals surface area contributed by atoms with Crippen molar-refractivity contribution in [1.29, 1.82) is 0 Å². The molecule has 0 aliphatic heterocycles. The normalized spacial score (nSPS) is 10.3. The molecule has 2 aromatic rings. The first kappa shape index (κ1) is 15.4. The highest BCUT2D eigenvalue weighted by atomic mass is 79.9. The first-order valence-corrected chi connectivity index (χ1v) is 6.97. The lowest BCUT2D eigenvalue weighted by Crippen LogP contribution is -2.16. The van der Waals surface area contributed by atoms with E-state index in [1.807, 2.05) is 0 Å². The van der Waals surface area contributed by atoms with Gasteiger partial charge in [-0.2, -0.15) is 0 Å². The number of carbonyl (C=O) groups is 1. The van der Waals surface area contributed by atoms with E-state index in [4.69, 9.17) is 0 Å². The van der Waals surface area contributed by atoms with Crippen molar-refractivity contribution in [2.24, 2.45) is 0 Å². The van der Waals surface area contributed by atoms with Crippen molar-refractivity contribution in [3.05, 3.63) is 52.1 Å². The van der Waals surface area contributed by atoms with Crippen LogP contribution in [0.2, 0.25) is 0 Å². The molecule has 2 N–H and O–H groups in total. The number of nitrogens with one attached hydrogen (secondary N) is 2. The van der Waals surface area contributed by atoms with Crippen LogP contribution in [0.3, 0.4) is 0 Å². The molecule has 0 saturated heterocycles. The van der Waals surface area contributed by atoms with Gasteiger partial charge in [-0.25, -0.2) is 13.8 Å². The molecule has 1 amide bonds. The second-order valence-electron chi connectivity index (χ2n) is 4.13. The lowest BCUT2D eigenvalue weighted by atomic mass is 10.2. The third-order valence-electron chi connectivity index (χ3n) is 2.65. The van der Waals surface area contributed by atoms with E-state index in [9.17, 15) is 13.6 Å². The summed E-state index contributed by atoms with van der Waals surface area (Å²) < 4.78 is 27.8. The van der Waals surface area contributed by atoms with Crippen molar-refractivity contribution in [2.45, 2.75) is 6.92 Å². The van der Waals surface area contributed by atoms with Crippen molar-refractivity contribution >= 4 is 33.3 Å². The number of benzene rings is 1. The molecule has 0 atom stereocenters. The smallest absolute Gasteiger partial charge is 0.258 e. The maximum atomic E-state index is 14.1. The van der Waals surface area contributed by atoms with Crippen LogP contribution in [-0.4, -0.2) is 17.4 Å². The number of halogens is 3. The van der Waals surface area contributed by atoms with Crippen molar-refractivity contribution in [3.8, 4) is 0 Å². The predicted octanol–water partition coefficient (Wildman–Crippen LogP) is 3.81. The van der Waals surface area contributed by atoms with Gasteiger partial charge in [0.25, 0.3) is 5.91 Å². The Morgan fingerprint density at radius 1 is 1.33 bits per heavy atom. The Labute approximate surface area is 128 Å². The molecule has 1 heterocycles. The Morgan fingerprint density at radius 2 is 2.10 bits per heavy atom. The molecule has 0 spiro atoms. The van der Waals surface area contributed by atoms with Gasteiger partial charge in [-0.05, 0) is 47.1 Å². The monoisotopic (exact) mass is 355 g/mol. The van der Waals surface area contributed by atoms with Gasteiger partial charge in [-0.1, -0.05) is 0 Å². The van der Waals surface area contributed by atoms with E-state index in [1.54, 1.807) is 6.92 Å². The van der Waals surface area contributed by atoms with Crippen molar-refractivity contribution in [1.82, 2.24) is 4.98 Å². The minimum absolute atomic E-state index is 0.00320. The standard InChI is InChI=1S/C14H12BrF2N3O/c1-2-18-13-12(17)9(5-6-19-13)14(21)20-11-7-8(16)3-4-10(11)15/h3-7H,2H2,1H3,(H,18,19)(H,20,21). The summed E-state index contributed by atoms with van der Waals surface area (Å²) in [5.74, 6) is -1.93. The lowest BCUT2D eigenvalue weighted by Gasteiger charge is -2.10. The fraction of sp³-hybridized carbons (Fsp3) is 0.143. The molecule has 0 aliphatic rings. The molecule has 0 fully saturated rings. The molecule has 0 saturated carbocycles. The molecule has 110 valence electrons. The summed E-state index contributed by atoms with van der Waals surface area (Å²) in [5, 5.41) is 5.18. The fourth-order valence-corrected chi connectivity index (χ4v) is 2.04. The molecular weight excluding hydrogens is 344 g/mol. The summed E-state index contributed by atoms with van der Waals surface area (Å²) in [6, 6.07) is 5.11. The van der Waals surface area contributed by atoms with E-state index < -0.39 is 17.5 Å². The highest BCUT2D eigenvalue weighted by Gasteiger charge is 2.17. The third kappa shape index (κ3) is 3.55. The number of aromatic nitrogens is 1. The van der Waals surface area contributed by atoms with Gasteiger partial charge in [0.2, 0.25) is 0 Å². The zero-order chi connectivity index (χ0) is 15.4. The van der Waals surface area contributed by atoms with Crippen LogP contribution >= 0.6 is 15.9 Å². The first-order valence-electron chi connectivity index (χ1n) is 6.17. The highest BCUT2D eigenvalue weighted by Crippen LogP contribution is 2.24. The second kappa shape index (κ2) is 6.62. The summed E-state index contributed by atoms with van der Waals surface area (Å²) in [5.41, 5.74) is 0.0540. The number of pyridine rings is 1. The predicted molar refractivity (Wildman–Crippen MR) is 80.4 cm³/mol. The van der Waals surface area contributed by atoms with Crippen LogP contribution in [0.4, 0.5) is 20.3 Å². The van der Waals surface area contributed by atoms with Gasteiger partial charge in [0.1, 0.15) is 5.82 Å². The molecular formula is C14H12BrF2N3O. The number of hydrogen-bond donors (Lipinski definition) is 2. The van der Waals surface area contributed by atoms with Crippen LogP contribution in [0.1, 0.15) is 17.3 Å². The maximum Gasteiger partial charge on any atom is 0.258 e. The Hall–Kier alpha value is -2.02. The Kier molecular flexibility index (Phi) is 4.85. The zero-order valence-corrected chi connectivity index (χ0v) is 12.7. The van der Waals surface area contributed by atoms with Gasteiger partial charge in [-0.15, -0.1) is 0 Å². The molecule has 0 bridgehead atoms. The first-order chi connectivity index (χ1) is 10.0. The molecule has 1 aromatic carbocycles. The van der Waals surface area contributed by atoms with Crippen molar-refractivity contribution in [2.75, 3.05) is 17.2 Å². The highest BCUT2D eigenvalue weighted by molar-refractivity contribution is 9.10. The SMILES string of the molecule is CCNc1nccc(C(=O)Nc2cc(F)ccc2Br)c1F. The Morgan fingerprint density at radius 3 is 2.81 bits per heavy atom. The zero-order valence-electron chi connectivity index (χ0n) is 11.1. The van der Waals surface area contributed by atoms with E-state index >= 15 is 0 Å². The summed E-state index contributed by atoms with van der Waals surface area (Å²) >= 11 is 3.19. The maximum absolute atomic E-state index is 14.1. The molecule has 1 aromatic heterocycles. The van der Waals surface area contributed by atoms with Crippen LogP contribution in [0.15, 0.2) is 34.9 Å². The van der Waals surface area contributed by atoms with E-state index in [-0.39, 0.29) is 17.1 Å². The van der Waals surface area contributed by atoms with Gasteiger partial charge >= 0.3 is 0 Å². The number of rotatable bonds is 4. The topological polar surface area (TPSA) is 54.0 Å². The van der Waals surface area contributed by atoms with Crippen molar-refractivity contribution < 1.29 is 13.6 Å². The van der Waals surface area contributed by atoms with Crippen molar-refractivity contribution in [3.63, 3.8) is 0 Å². The molecule has 0 radical (unpaired) electrons. The number of nitrogens with zero attached hydrogens (tertiary/aromatic N) is 1.